The third kappa shape index (κ3) is 1.05. The van der Waals surface area contributed by atoms with E-state index in [4.69, 9.17) is 5.11 Å². The largest absolute Gasteiger partial charge is 0.481 e. The number of hydrogen-bond donors (Lipinski definition) is 2. The second-order valence-corrected chi connectivity index (χ2v) is 3.59. The monoisotopic (exact) mass is 181 g/mol. The molecule has 0 aromatic carbocycles. The molecule has 0 saturated carbocycles. The van der Waals surface area contributed by atoms with E-state index in [1.165, 1.54) is 0 Å². The van der Waals surface area contributed by atoms with Gasteiger partial charge < -0.3 is 10.4 Å². The number of piperidine rings is 1. The molecule has 2 aliphatic rings. The highest BCUT2D eigenvalue weighted by Crippen LogP contribution is 2.44. The van der Waals surface area contributed by atoms with Gasteiger partial charge in [0.15, 0.2) is 0 Å². The van der Waals surface area contributed by atoms with Crippen LogP contribution in [0, 0.1) is 5.41 Å². The van der Waals surface area contributed by atoms with Gasteiger partial charge >= 0.3 is 5.97 Å². The molecule has 0 aromatic heterocycles. The number of carbonyl (C=O) groups excluding carboxylic acids is 1. The fourth-order valence-electron chi connectivity index (χ4n) is 2.09. The second-order valence-electron chi connectivity index (χ2n) is 3.59. The van der Waals surface area contributed by atoms with E-state index in [0.717, 1.165) is 6.42 Å². The van der Waals surface area contributed by atoms with Crippen molar-refractivity contribution in [3.05, 3.63) is 11.8 Å². The highest BCUT2D eigenvalue weighted by molar-refractivity contribution is 5.87. The van der Waals surface area contributed by atoms with Crippen LogP contribution < -0.4 is 5.32 Å². The number of nitrogens with one attached hydrogen (secondary N) is 1. The summed E-state index contributed by atoms with van der Waals surface area (Å²) in [6.07, 6.45) is 3.97. The van der Waals surface area contributed by atoms with Crippen molar-refractivity contribution in [1.29, 1.82) is 0 Å². The summed E-state index contributed by atoms with van der Waals surface area (Å²) < 4.78 is 0. The number of allylic oxidation sites excluding steroid dienone is 1. The van der Waals surface area contributed by atoms with Gasteiger partial charge in [0, 0.05) is 12.1 Å². The number of fused-ring (bicyclic) bond motifs is 1. The lowest BCUT2D eigenvalue weighted by molar-refractivity contribution is -0.148. The predicted octanol–water partition coefficient (Wildman–Crippen LogP) is 0.645. The molecule has 0 aromatic rings. The average molecular weight is 181 g/mol. The van der Waals surface area contributed by atoms with Crippen LogP contribution in [-0.4, -0.2) is 17.0 Å². The van der Waals surface area contributed by atoms with E-state index in [2.05, 4.69) is 5.32 Å². The quantitative estimate of drug-likeness (QED) is 0.624. The number of aliphatic carboxylic acids is 1. The van der Waals surface area contributed by atoms with Gasteiger partial charge in [-0.1, -0.05) is 6.08 Å². The van der Waals surface area contributed by atoms with E-state index in [1.54, 1.807) is 0 Å². The lowest BCUT2D eigenvalue weighted by Gasteiger charge is -2.31. The summed E-state index contributed by atoms with van der Waals surface area (Å²) in [7, 11) is 0. The number of carbonyl (C=O) groups is 2. The molecule has 1 unspecified atom stereocenters. The van der Waals surface area contributed by atoms with Crippen LogP contribution in [0.1, 0.15) is 25.7 Å². The number of hydrogen-bond acceptors (Lipinski definition) is 2. The predicted molar refractivity (Wildman–Crippen MR) is 44.8 cm³/mol. The molecular formula is C9H11NO3. The van der Waals surface area contributed by atoms with E-state index in [9.17, 15) is 9.59 Å². The number of carboxylic acids is 1. The van der Waals surface area contributed by atoms with Crippen LogP contribution in [0.15, 0.2) is 11.8 Å². The fraction of sp³-hybridized carbons (Fsp3) is 0.556. The minimum absolute atomic E-state index is 0.0648. The Morgan fingerprint density at radius 2 is 2.31 bits per heavy atom. The first-order chi connectivity index (χ1) is 6.15. The molecule has 0 bridgehead atoms. The normalized spacial score (nSPS) is 32.0. The number of rotatable bonds is 1. The van der Waals surface area contributed by atoms with Gasteiger partial charge in [0.1, 0.15) is 5.41 Å². The lowest BCUT2D eigenvalue weighted by Crippen LogP contribution is -2.43. The zero-order chi connectivity index (χ0) is 9.47. The van der Waals surface area contributed by atoms with Gasteiger partial charge in [0.2, 0.25) is 5.91 Å². The van der Waals surface area contributed by atoms with Crippen molar-refractivity contribution >= 4 is 11.9 Å². The van der Waals surface area contributed by atoms with Crippen LogP contribution in [0.3, 0.4) is 0 Å². The molecule has 4 heteroatoms. The molecule has 1 aliphatic heterocycles. The van der Waals surface area contributed by atoms with E-state index >= 15 is 0 Å². The third-order valence-corrected chi connectivity index (χ3v) is 2.90. The van der Waals surface area contributed by atoms with Gasteiger partial charge in [0.25, 0.3) is 0 Å². The topological polar surface area (TPSA) is 66.4 Å². The summed E-state index contributed by atoms with van der Waals surface area (Å²) >= 11 is 0. The molecule has 4 nitrogen and oxygen atoms in total. The van der Waals surface area contributed by atoms with Gasteiger partial charge in [0.05, 0.1) is 0 Å². The molecule has 2 N–H and O–H groups in total. The van der Waals surface area contributed by atoms with Crippen molar-refractivity contribution in [2.24, 2.45) is 5.41 Å². The first kappa shape index (κ1) is 8.29. The Morgan fingerprint density at radius 1 is 1.54 bits per heavy atom. The Labute approximate surface area is 75.6 Å². The van der Waals surface area contributed by atoms with Crippen molar-refractivity contribution in [3.8, 4) is 0 Å². The lowest BCUT2D eigenvalue weighted by atomic mass is 9.78. The summed E-state index contributed by atoms with van der Waals surface area (Å²) in [6, 6.07) is 0. The van der Waals surface area contributed by atoms with Crippen molar-refractivity contribution < 1.29 is 14.7 Å². The Kier molecular flexibility index (Phi) is 1.65. The molecule has 2 rings (SSSR count). The Hall–Kier alpha value is -1.32. The fourth-order valence-corrected chi connectivity index (χ4v) is 2.09. The van der Waals surface area contributed by atoms with Crippen LogP contribution >= 0.6 is 0 Å². The molecule has 1 atom stereocenters. The van der Waals surface area contributed by atoms with Crippen LogP contribution in [-0.2, 0) is 9.59 Å². The van der Waals surface area contributed by atoms with Gasteiger partial charge in [-0.15, -0.1) is 0 Å². The van der Waals surface area contributed by atoms with Crippen molar-refractivity contribution in [2.45, 2.75) is 25.7 Å². The van der Waals surface area contributed by atoms with Gasteiger partial charge in [-0.2, -0.15) is 0 Å². The highest BCUT2D eigenvalue weighted by Gasteiger charge is 2.47. The van der Waals surface area contributed by atoms with E-state index < -0.39 is 11.4 Å². The maximum atomic E-state index is 11.1. The zero-order valence-electron chi connectivity index (χ0n) is 7.17. The molecule has 1 heterocycles. The molecular weight excluding hydrogens is 170 g/mol. The molecule has 0 spiro atoms. The highest BCUT2D eigenvalue weighted by atomic mass is 16.4. The number of carboxylic acid groups (broad SMARTS) is 1. The molecule has 0 radical (unpaired) electrons. The maximum absolute atomic E-state index is 11.1. The van der Waals surface area contributed by atoms with Crippen LogP contribution in [0.5, 0.6) is 0 Å². The maximum Gasteiger partial charge on any atom is 0.315 e. The summed E-state index contributed by atoms with van der Waals surface area (Å²) in [5, 5.41) is 11.7. The van der Waals surface area contributed by atoms with Crippen LogP contribution in [0.25, 0.3) is 0 Å². The Bertz CT molecular complexity index is 308. The molecule has 1 saturated heterocycles. The van der Waals surface area contributed by atoms with E-state index in [0.29, 0.717) is 25.0 Å². The van der Waals surface area contributed by atoms with Crippen molar-refractivity contribution in [3.63, 3.8) is 0 Å². The number of amides is 1. The molecule has 1 fully saturated rings. The molecule has 70 valence electrons. The van der Waals surface area contributed by atoms with Gasteiger partial charge in [-0.25, -0.2) is 0 Å². The molecule has 13 heavy (non-hydrogen) atoms. The van der Waals surface area contributed by atoms with Crippen LogP contribution in [0.4, 0.5) is 0 Å². The Morgan fingerprint density at radius 3 is 3.00 bits per heavy atom. The van der Waals surface area contributed by atoms with E-state index in [-0.39, 0.29) is 5.91 Å². The van der Waals surface area contributed by atoms with Crippen molar-refractivity contribution in [1.82, 2.24) is 5.32 Å². The van der Waals surface area contributed by atoms with Crippen LogP contribution in [0.2, 0.25) is 0 Å². The zero-order valence-corrected chi connectivity index (χ0v) is 7.17. The first-order valence-corrected chi connectivity index (χ1v) is 4.39. The second kappa shape index (κ2) is 2.58. The standard InChI is InChI=1S/C9H11NO3/c11-7-3-5-9(8(12)13)4-1-2-6(9)10-7/h2H,1,3-5H2,(H,10,11)(H,12,13). The minimum atomic E-state index is -0.809. The third-order valence-electron chi connectivity index (χ3n) is 2.90. The molecule has 1 aliphatic carbocycles. The van der Waals surface area contributed by atoms with Gasteiger partial charge in [-0.3, -0.25) is 9.59 Å². The SMILES string of the molecule is O=C1CCC2(C(=O)O)CCC=C2N1. The summed E-state index contributed by atoms with van der Waals surface area (Å²) in [5.41, 5.74) is -0.176. The summed E-state index contributed by atoms with van der Waals surface area (Å²) in [4.78, 5) is 22.1. The first-order valence-electron chi connectivity index (χ1n) is 4.39. The average Bonchev–Trinajstić information content (AvgIpc) is 2.48. The van der Waals surface area contributed by atoms with Crippen molar-refractivity contribution in [2.75, 3.05) is 0 Å². The van der Waals surface area contributed by atoms with E-state index in [1.807, 2.05) is 6.08 Å². The summed E-state index contributed by atoms with van der Waals surface area (Å²) in [6.45, 7) is 0. The van der Waals surface area contributed by atoms with Gasteiger partial charge in [-0.05, 0) is 19.3 Å². The minimum Gasteiger partial charge on any atom is -0.481 e. The summed E-state index contributed by atoms with van der Waals surface area (Å²) in [5.74, 6) is -0.874. The molecule has 1 amide bonds. The Balaban J connectivity index is 2.33. The smallest absolute Gasteiger partial charge is 0.315 e.